The molecule has 136 valence electrons. The van der Waals surface area contributed by atoms with Gasteiger partial charge in [-0.3, -0.25) is 5.26 Å². The van der Waals surface area contributed by atoms with Crippen molar-refractivity contribution in [1.82, 2.24) is 0 Å². The van der Waals surface area contributed by atoms with Crippen LogP contribution in [0.5, 0.6) is 0 Å². The Morgan fingerprint density at radius 3 is 2.71 bits per heavy atom. The molecule has 3 atom stereocenters. The molecule has 0 saturated heterocycles. The van der Waals surface area contributed by atoms with E-state index in [-0.39, 0.29) is 12.5 Å². The van der Waals surface area contributed by atoms with E-state index in [0.717, 1.165) is 24.8 Å². The highest BCUT2D eigenvalue weighted by atomic mass is 17.1. The van der Waals surface area contributed by atoms with Crippen LogP contribution in [0.25, 0.3) is 0 Å². The Hall–Kier alpha value is -1.20. The zero-order valence-electron chi connectivity index (χ0n) is 15.2. The first-order chi connectivity index (χ1) is 11.3. The van der Waals surface area contributed by atoms with Crippen molar-refractivity contribution in [2.45, 2.75) is 64.6 Å². The molecule has 0 fully saturated rings. The van der Waals surface area contributed by atoms with Crippen LogP contribution in [0.15, 0.2) is 47.6 Å². The summed E-state index contributed by atoms with van der Waals surface area (Å²) >= 11 is 0. The molecule has 4 heteroatoms. The molecule has 0 aromatic carbocycles. The van der Waals surface area contributed by atoms with Gasteiger partial charge < -0.3 is 10.2 Å². The van der Waals surface area contributed by atoms with Gasteiger partial charge in [-0.05, 0) is 58.4 Å². The molecule has 0 aromatic heterocycles. The lowest BCUT2D eigenvalue weighted by Crippen LogP contribution is -2.29. The Morgan fingerprint density at radius 2 is 2.08 bits per heavy atom. The number of hydrogen-bond acceptors (Lipinski definition) is 4. The molecular weight excluding hydrogens is 304 g/mol. The van der Waals surface area contributed by atoms with E-state index < -0.39 is 11.7 Å². The monoisotopic (exact) mass is 336 g/mol. The number of aliphatic hydroxyl groups is 2. The predicted octanol–water partition coefficient (Wildman–Crippen LogP) is 4.17. The number of allylic oxidation sites excluding steroid dienone is 4. The topological polar surface area (TPSA) is 69.9 Å². The van der Waals surface area contributed by atoms with Gasteiger partial charge >= 0.3 is 0 Å². The molecule has 0 spiro atoms. The Kier molecular flexibility index (Phi) is 8.63. The third kappa shape index (κ3) is 6.73. The van der Waals surface area contributed by atoms with Crippen LogP contribution in [-0.4, -0.2) is 33.8 Å². The standard InChI is InChI=1S/C20H32O4/c1-15-7-5-8-16(2)13-19(22)18(17(3)14-21)10-12-20(4,24-23)11-6-9-15/h6-7,11,13,18-19,21-23H,3,5,8-10,12,14H2,1-2,4H3/b11-6+,15-7+,16-13+/t18?,19-,20-/m0/s1. The maximum Gasteiger partial charge on any atom is 0.119 e. The van der Waals surface area contributed by atoms with Gasteiger partial charge in [-0.15, -0.1) is 0 Å². The first kappa shape index (κ1) is 20.8. The van der Waals surface area contributed by atoms with Gasteiger partial charge in [0.05, 0.1) is 12.7 Å². The first-order valence-electron chi connectivity index (χ1n) is 8.61. The fraction of sp³-hybridized carbons (Fsp3) is 0.600. The summed E-state index contributed by atoms with van der Waals surface area (Å²) in [5, 5.41) is 29.3. The summed E-state index contributed by atoms with van der Waals surface area (Å²) in [6.45, 7) is 9.63. The molecule has 3 N–H and O–H groups in total. The first-order valence-corrected chi connectivity index (χ1v) is 8.61. The van der Waals surface area contributed by atoms with Crippen molar-refractivity contribution in [2.24, 2.45) is 5.92 Å². The normalized spacial score (nSPS) is 35.9. The Labute approximate surface area is 145 Å². The van der Waals surface area contributed by atoms with Gasteiger partial charge in [0.1, 0.15) is 5.60 Å². The molecule has 0 bridgehead atoms. The fourth-order valence-corrected chi connectivity index (χ4v) is 2.95. The summed E-state index contributed by atoms with van der Waals surface area (Å²) < 4.78 is 0. The highest BCUT2D eigenvalue weighted by molar-refractivity contribution is 5.15. The summed E-state index contributed by atoms with van der Waals surface area (Å²) in [6.07, 6.45) is 10.9. The van der Waals surface area contributed by atoms with Crippen molar-refractivity contribution >= 4 is 0 Å². The maximum absolute atomic E-state index is 10.6. The van der Waals surface area contributed by atoms with Gasteiger partial charge in [0.2, 0.25) is 0 Å². The van der Waals surface area contributed by atoms with Crippen LogP contribution in [0.3, 0.4) is 0 Å². The SMILES string of the molecule is C=C(CO)C1CC[C@@](C)(OO)/C=C/C/C(C)=C/CC/C(C)=C/[C@@H]1O. The van der Waals surface area contributed by atoms with Crippen LogP contribution < -0.4 is 0 Å². The average molecular weight is 336 g/mol. The van der Waals surface area contributed by atoms with Crippen molar-refractivity contribution in [3.8, 4) is 0 Å². The molecule has 24 heavy (non-hydrogen) atoms. The van der Waals surface area contributed by atoms with Crippen LogP contribution >= 0.6 is 0 Å². The number of hydrogen-bond donors (Lipinski definition) is 3. The van der Waals surface area contributed by atoms with Crippen LogP contribution in [0, 0.1) is 5.92 Å². The van der Waals surface area contributed by atoms with Gasteiger partial charge in [-0.25, -0.2) is 4.89 Å². The smallest absolute Gasteiger partial charge is 0.119 e. The zero-order valence-corrected chi connectivity index (χ0v) is 15.2. The van der Waals surface area contributed by atoms with Crippen LogP contribution in [0.2, 0.25) is 0 Å². The zero-order chi connectivity index (χ0) is 18.2. The molecule has 1 aliphatic rings. The van der Waals surface area contributed by atoms with Crippen molar-refractivity contribution in [2.75, 3.05) is 6.61 Å². The minimum Gasteiger partial charge on any atom is -0.392 e. The van der Waals surface area contributed by atoms with E-state index in [1.165, 1.54) is 5.57 Å². The summed E-state index contributed by atoms with van der Waals surface area (Å²) in [5.74, 6) is -0.270. The summed E-state index contributed by atoms with van der Waals surface area (Å²) in [5.41, 5.74) is 2.16. The highest BCUT2D eigenvalue weighted by Gasteiger charge is 2.27. The van der Waals surface area contributed by atoms with Crippen molar-refractivity contribution in [3.05, 3.63) is 47.6 Å². The second-order valence-electron chi connectivity index (χ2n) is 7.06. The molecule has 0 aromatic rings. The molecule has 1 unspecified atom stereocenters. The summed E-state index contributed by atoms with van der Waals surface area (Å²) in [6, 6.07) is 0. The molecule has 1 aliphatic carbocycles. The van der Waals surface area contributed by atoms with Gasteiger partial charge in [-0.2, -0.15) is 0 Å². The number of aliphatic hydroxyl groups excluding tert-OH is 2. The Bertz CT molecular complexity index is 504. The molecule has 0 heterocycles. The molecule has 0 aliphatic heterocycles. The van der Waals surface area contributed by atoms with Gasteiger partial charge in [-0.1, -0.05) is 42.0 Å². The third-order valence-corrected chi connectivity index (χ3v) is 4.70. The highest BCUT2D eigenvalue weighted by Crippen LogP contribution is 2.28. The molecule has 1 rings (SSSR count). The van der Waals surface area contributed by atoms with E-state index in [4.69, 9.17) is 4.89 Å². The van der Waals surface area contributed by atoms with E-state index in [1.807, 2.05) is 25.2 Å². The van der Waals surface area contributed by atoms with E-state index in [1.54, 1.807) is 6.92 Å². The predicted molar refractivity (Wildman–Crippen MR) is 97.6 cm³/mol. The number of rotatable bonds is 3. The van der Waals surface area contributed by atoms with E-state index in [2.05, 4.69) is 19.6 Å². The van der Waals surface area contributed by atoms with Gasteiger partial charge in [0.25, 0.3) is 0 Å². The van der Waals surface area contributed by atoms with Gasteiger partial charge in [0.15, 0.2) is 0 Å². The van der Waals surface area contributed by atoms with E-state index in [0.29, 0.717) is 18.4 Å². The van der Waals surface area contributed by atoms with Crippen molar-refractivity contribution in [3.63, 3.8) is 0 Å². The van der Waals surface area contributed by atoms with Crippen molar-refractivity contribution in [1.29, 1.82) is 0 Å². The Balaban J connectivity index is 3.08. The third-order valence-electron chi connectivity index (χ3n) is 4.70. The van der Waals surface area contributed by atoms with E-state index in [9.17, 15) is 15.5 Å². The lowest BCUT2D eigenvalue weighted by molar-refractivity contribution is -0.304. The molecule has 0 saturated carbocycles. The second-order valence-corrected chi connectivity index (χ2v) is 7.06. The quantitative estimate of drug-likeness (QED) is 0.411. The summed E-state index contributed by atoms with van der Waals surface area (Å²) in [4.78, 5) is 4.70. The van der Waals surface area contributed by atoms with Crippen LogP contribution in [0.1, 0.15) is 52.9 Å². The van der Waals surface area contributed by atoms with E-state index >= 15 is 0 Å². The molecule has 0 radical (unpaired) electrons. The molecule has 4 nitrogen and oxygen atoms in total. The molecular formula is C20H32O4. The second kappa shape index (κ2) is 9.94. The van der Waals surface area contributed by atoms with Crippen molar-refractivity contribution < 1.29 is 20.4 Å². The van der Waals surface area contributed by atoms with Crippen LogP contribution in [0.4, 0.5) is 0 Å². The maximum atomic E-state index is 10.6. The largest absolute Gasteiger partial charge is 0.392 e. The minimum atomic E-state index is -0.823. The van der Waals surface area contributed by atoms with Crippen LogP contribution in [-0.2, 0) is 4.89 Å². The lowest BCUT2D eigenvalue weighted by atomic mass is 9.84. The van der Waals surface area contributed by atoms with Gasteiger partial charge in [0, 0.05) is 5.92 Å². The average Bonchev–Trinajstić information content (AvgIpc) is 2.53. The minimum absolute atomic E-state index is 0.164. The lowest BCUT2D eigenvalue weighted by Gasteiger charge is -2.28. The fourth-order valence-electron chi connectivity index (χ4n) is 2.95. The molecule has 0 amide bonds. The summed E-state index contributed by atoms with van der Waals surface area (Å²) in [7, 11) is 0. The Morgan fingerprint density at radius 1 is 1.38 bits per heavy atom.